The van der Waals surface area contributed by atoms with E-state index < -0.39 is 0 Å². The normalized spacial score (nSPS) is 10.1. The van der Waals surface area contributed by atoms with Crippen molar-refractivity contribution in [3.63, 3.8) is 0 Å². The summed E-state index contributed by atoms with van der Waals surface area (Å²) in [5.74, 6) is 0.982. The van der Waals surface area contributed by atoms with Crippen molar-refractivity contribution in [2.24, 2.45) is 0 Å². The number of benzene rings is 1. The van der Waals surface area contributed by atoms with Crippen LogP contribution in [0.5, 0.6) is 5.75 Å². The number of aromatic nitrogens is 1. The van der Waals surface area contributed by atoms with E-state index in [2.05, 4.69) is 11.2 Å². The fraction of sp³-hybridized carbons (Fsp3) is 0.100. The van der Waals surface area contributed by atoms with E-state index in [1.807, 2.05) is 6.07 Å². The number of rotatable bonds is 2. The third-order valence-electron chi connectivity index (χ3n) is 1.85. The highest BCUT2D eigenvalue weighted by atomic mass is 16.5. The number of hydrogen-bond donors (Lipinski definition) is 1. The van der Waals surface area contributed by atoms with E-state index in [-0.39, 0.29) is 5.88 Å². The van der Waals surface area contributed by atoms with Crippen LogP contribution in [0, 0.1) is 6.07 Å². The molecule has 1 aromatic heterocycles. The third kappa shape index (κ3) is 1.42. The van der Waals surface area contributed by atoms with Crippen molar-refractivity contribution in [2.75, 3.05) is 12.8 Å². The third-order valence-corrected chi connectivity index (χ3v) is 1.85. The molecule has 1 aromatic carbocycles. The van der Waals surface area contributed by atoms with Gasteiger partial charge in [0, 0.05) is 11.6 Å². The number of hydrogen-bond acceptors (Lipinski definition) is 4. The molecule has 2 N–H and O–H groups in total. The molecule has 4 heteroatoms. The second-order valence-corrected chi connectivity index (χ2v) is 2.74. The van der Waals surface area contributed by atoms with Gasteiger partial charge in [-0.25, -0.2) is 0 Å². The lowest BCUT2D eigenvalue weighted by molar-refractivity contribution is 0.414. The Labute approximate surface area is 81.3 Å². The summed E-state index contributed by atoms with van der Waals surface area (Å²) >= 11 is 0. The van der Waals surface area contributed by atoms with Crippen LogP contribution in [0.25, 0.3) is 11.3 Å². The molecular weight excluding hydrogens is 180 g/mol. The first-order valence-electron chi connectivity index (χ1n) is 4.08. The molecule has 0 spiro atoms. The van der Waals surface area contributed by atoms with E-state index in [4.69, 9.17) is 15.0 Å². The highest BCUT2D eigenvalue weighted by Gasteiger charge is 2.08. The summed E-state index contributed by atoms with van der Waals surface area (Å²) in [7, 11) is 1.59. The fourth-order valence-corrected chi connectivity index (χ4v) is 1.21. The van der Waals surface area contributed by atoms with Crippen LogP contribution in [0.15, 0.2) is 28.8 Å². The molecule has 2 rings (SSSR count). The number of nitrogen functional groups attached to an aromatic ring is 1. The Morgan fingerprint density at radius 2 is 2.43 bits per heavy atom. The van der Waals surface area contributed by atoms with Crippen LogP contribution >= 0.6 is 0 Å². The Morgan fingerprint density at radius 3 is 3.07 bits per heavy atom. The van der Waals surface area contributed by atoms with Gasteiger partial charge in [0.25, 0.3) is 0 Å². The van der Waals surface area contributed by atoms with E-state index in [1.165, 1.54) is 0 Å². The SMILES string of the molecule is COc1c[c]ccc1-c1cc(N)on1. The van der Waals surface area contributed by atoms with E-state index >= 15 is 0 Å². The highest BCUT2D eigenvalue weighted by molar-refractivity contribution is 5.68. The number of ether oxygens (including phenoxy) is 1. The lowest BCUT2D eigenvalue weighted by atomic mass is 10.1. The van der Waals surface area contributed by atoms with Crippen LogP contribution in [0.1, 0.15) is 0 Å². The molecule has 0 aliphatic heterocycles. The zero-order chi connectivity index (χ0) is 9.97. The molecule has 2 aromatic rings. The van der Waals surface area contributed by atoms with E-state index in [1.54, 1.807) is 25.3 Å². The maximum atomic E-state index is 5.43. The van der Waals surface area contributed by atoms with Gasteiger partial charge >= 0.3 is 0 Å². The molecular formula is C10H9N2O2. The summed E-state index contributed by atoms with van der Waals surface area (Å²) in [6.07, 6.45) is 0. The van der Waals surface area contributed by atoms with Gasteiger partial charge in [0.1, 0.15) is 11.4 Å². The predicted molar refractivity (Wildman–Crippen MR) is 51.7 cm³/mol. The van der Waals surface area contributed by atoms with E-state index in [0.29, 0.717) is 11.4 Å². The molecule has 0 saturated heterocycles. The van der Waals surface area contributed by atoms with Crippen LogP contribution in [0.4, 0.5) is 5.88 Å². The van der Waals surface area contributed by atoms with Crippen molar-refractivity contribution in [1.29, 1.82) is 0 Å². The Hall–Kier alpha value is -1.97. The molecule has 1 radical (unpaired) electrons. The topological polar surface area (TPSA) is 61.3 Å². The molecule has 0 unspecified atom stereocenters. The van der Waals surface area contributed by atoms with Gasteiger partial charge in [-0.1, -0.05) is 11.2 Å². The van der Waals surface area contributed by atoms with E-state index in [0.717, 1.165) is 5.56 Å². The van der Waals surface area contributed by atoms with Crippen molar-refractivity contribution >= 4 is 5.88 Å². The number of nitrogens with zero attached hydrogens (tertiary/aromatic N) is 1. The number of anilines is 1. The Balaban J connectivity index is 2.50. The first-order valence-corrected chi connectivity index (χ1v) is 4.08. The smallest absolute Gasteiger partial charge is 0.222 e. The van der Waals surface area contributed by atoms with Gasteiger partial charge in [0.15, 0.2) is 0 Å². The molecule has 0 amide bonds. The molecule has 0 saturated carbocycles. The highest BCUT2D eigenvalue weighted by Crippen LogP contribution is 2.29. The van der Waals surface area contributed by atoms with Gasteiger partial charge < -0.3 is 15.0 Å². The lowest BCUT2D eigenvalue weighted by Gasteiger charge is -2.03. The van der Waals surface area contributed by atoms with Crippen LogP contribution in [0.2, 0.25) is 0 Å². The zero-order valence-corrected chi connectivity index (χ0v) is 7.65. The van der Waals surface area contributed by atoms with Gasteiger partial charge in [-0.2, -0.15) is 0 Å². The van der Waals surface area contributed by atoms with Gasteiger partial charge in [-0.3, -0.25) is 0 Å². The maximum Gasteiger partial charge on any atom is 0.222 e. The molecule has 4 nitrogen and oxygen atoms in total. The number of methoxy groups -OCH3 is 1. The minimum atomic E-state index is 0.287. The standard InChI is InChI=1S/C10H9N2O2/c1-13-9-5-3-2-4-7(9)8-6-10(11)14-12-8/h2,4-6H,11H2,1H3. The zero-order valence-electron chi connectivity index (χ0n) is 7.65. The molecule has 0 aliphatic rings. The minimum Gasteiger partial charge on any atom is -0.496 e. The minimum absolute atomic E-state index is 0.287. The Morgan fingerprint density at radius 1 is 1.57 bits per heavy atom. The van der Waals surface area contributed by atoms with Crippen molar-refractivity contribution < 1.29 is 9.26 Å². The van der Waals surface area contributed by atoms with Gasteiger partial charge in [-0.05, 0) is 18.2 Å². The van der Waals surface area contributed by atoms with Crippen molar-refractivity contribution in [3.05, 3.63) is 30.3 Å². The van der Waals surface area contributed by atoms with E-state index in [9.17, 15) is 0 Å². The summed E-state index contributed by atoms with van der Waals surface area (Å²) in [4.78, 5) is 0. The molecule has 0 atom stereocenters. The van der Waals surface area contributed by atoms with Crippen LogP contribution in [0.3, 0.4) is 0 Å². The molecule has 0 aliphatic carbocycles. The van der Waals surface area contributed by atoms with Crippen molar-refractivity contribution in [1.82, 2.24) is 5.16 Å². The van der Waals surface area contributed by atoms with Crippen molar-refractivity contribution in [2.45, 2.75) is 0 Å². The van der Waals surface area contributed by atoms with Crippen LogP contribution < -0.4 is 10.5 Å². The largest absolute Gasteiger partial charge is 0.496 e. The first kappa shape index (κ1) is 8.62. The average Bonchev–Trinajstić information content (AvgIpc) is 2.65. The fourth-order valence-electron chi connectivity index (χ4n) is 1.21. The Kier molecular flexibility index (Phi) is 2.10. The second kappa shape index (κ2) is 3.41. The summed E-state index contributed by atoms with van der Waals surface area (Å²) < 4.78 is 9.94. The molecule has 0 bridgehead atoms. The average molecular weight is 189 g/mol. The monoisotopic (exact) mass is 189 g/mol. The van der Waals surface area contributed by atoms with Crippen LogP contribution in [-0.2, 0) is 0 Å². The van der Waals surface area contributed by atoms with Crippen LogP contribution in [-0.4, -0.2) is 12.3 Å². The quantitative estimate of drug-likeness (QED) is 0.781. The molecule has 71 valence electrons. The molecule has 1 heterocycles. The maximum absolute atomic E-state index is 5.43. The molecule has 14 heavy (non-hydrogen) atoms. The summed E-state index contributed by atoms with van der Waals surface area (Å²) in [6, 6.07) is 9.93. The summed E-state index contributed by atoms with van der Waals surface area (Å²) in [6.45, 7) is 0. The molecule has 0 fully saturated rings. The first-order chi connectivity index (χ1) is 6.81. The second-order valence-electron chi connectivity index (χ2n) is 2.74. The lowest BCUT2D eigenvalue weighted by Crippen LogP contribution is -1.87. The van der Waals surface area contributed by atoms with Crippen molar-refractivity contribution in [3.8, 4) is 17.0 Å². The Bertz CT molecular complexity index is 437. The summed E-state index contributed by atoms with van der Waals surface area (Å²) in [5, 5.41) is 3.80. The van der Waals surface area contributed by atoms with Gasteiger partial charge in [-0.15, -0.1) is 0 Å². The van der Waals surface area contributed by atoms with Gasteiger partial charge in [0.2, 0.25) is 5.88 Å². The predicted octanol–water partition coefficient (Wildman–Crippen LogP) is 1.73. The summed E-state index contributed by atoms with van der Waals surface area (Å²) in [5.41, 5.74) is 6.93. The number of nitrogens with two attached hydrogens (primary N) is 1. The van der Waals surface area contributed by atoms with Gasteiger partial charge in [0.05, 0.1) is 7.11 Å².